The topological polar surface area (TPSA) is 87.7 Å². The smallest absolute Gasteiger partial charge is 0.257 e. The zero-order valence-electron chi connectivity index (χ0n) is 12.0. The van der Waals surface area contributed by atoms with Crippen LogP contribution >= 0.6 is 11.8 Å². The number of phenolic OH excluding ortho intramolecular Hbond substituents is 1. The molecule has 6 nitrogen and oxygen atoms in total. The standard InChI is InChI=1S/C16H13N3O3S/c20-13-7-3-1-5-11(13)9-17-19-15(21)10-23-16-18-12-6-2-4-8-14(12)22-16/h1-9,20H,10H2,(H,19,21)/b17-9-. The van der Waals surface area contributed by atoms with Gasteiger partial charge in [-0.25, -0.2) is 10.4 Å². The van der Waals surface area contributed by atoms with Crippen molar-refractivity contribution in [3.05, 3.63) is 54.1 Å². The van der Waals surface area contributed by atoms with Crippen molar-refractivity contribution in [2.45, 2.75) is 5.22 Å². The number of aromatic nitrogens is 1. The van der Waals surface area contributed by atoms with Crippen LogP contribution in [0.15, 0.2) is 63.3 Å². The van der Waals surface area contributed by atoms with Crippen molar-refractivity contribution in [3.8, 4) is 5.75 Å². The van der Waals surface area contributed by atoms with Gasteiger partial charge in [-0.2, -0.15) is 5.10 Å². The van der Waals surface area contributed by atoms with Crippen LogP contribution in [0.2, 0.25) is 0 Å². The minimum absolute atomic E-state index is 0.103. The quantitative estimate of drug-likeness (QED) is 0.427. The van der Waals surface area contributed by atoms with Crippen molar-refractivity contribution in [1.82, 2.24) is 10.4 Å². The highest BCUT2D eigenvalue weighted by Gasteiger charge is 2.08. The SMILES string of the molecule is O=C(CSc1nc2ccccc2o1)N/N=C\c1ccccc1O. The van der Waals surface area contributed by atoms with E-state index in [0.717, 1.165) is 5.52 Å². The summed E-state index contributed by atoms with van der Waals surface area (Å²) in [6.45, 7) is 0. The number of para-hydroxylation sites is 3. The lowest BCUT2D eigenvalue weighted by Gasteiger charge is -1.98. The first-order valence-electron chi connectivity index (χ1n) is 6.80. The molecule has 0 aliphatic carbocycles. The Hall–Kier alpha value is -2.80. The summed E-state index contributed by atoms with van der Waals surface area (Å²) >= 11 is 1.19. The first-order chi connectivity index (χ1) is 11.2. The number of hydrogen-bond donors (Lipinski definition) is 2. The number of phenols is 1. The lowest BCUT2D eigenvalue weighted by molar-refractivity contribution is -0.118. The highest BCUT2D eigenvalue weighted by Crippen LogP contribution is 2.22. The highest BCUT2D eigenvalue weighted by molar-refractivity contribution is 7.99. The number of oxazole rings is 1. The highest BCUT2D eigenvalue weighted by atomic mass is 32.2. The van der Waals surface area contributed by atoms with E-state index in [0.29, 0.717) is 16.4 Å². The molecule has 1 amide bonds. The van der Waals surface area contributed by atoms with Gasteiger partial charge in [0.05, 0.1) is 12.0 Å². The molecule has 0 unspecified atom stereocenters. The van der Waals surface area contributed by atoms with Gasteiger partial charge in [-0.05, 0) is 24.3 Å². The fourth-order valence-electron chi connectivity index (χ4n) is 1.84. The number of thioether (sulfide) groups is 1. The molecule has 0 radical (unpaired) electrons. The maximum atomic E-state index is 11.7. The summed E-state index contributed by atoms with van der Waals surface area (Å²) in [5, 5.41) is 13.8. The van der Waals surface area contributed by atoms with Crippen molar-refractivity contribution in [1.29, 1.82) is 0 Å². The van der Waals surface area contributed by atoms with Gasteiger partial charge in [0.25, 0.3) is 11.1 Å². The van der Waals surface area contributed by atoms with E-state index < -0.39 is 0 Å². The molecule has 2 N–H and O–H groups in total. The second-order valence-electron chi connectivity index (χ2n) is 4.59. The first-order valence-corrected chi connectivity index (χ1v) is 7.79. The number of nitrogens with one attached hydrogen (secondary N) is 1. The number of fused-ring (bicyclic) bond motifs is 1. The molecular weight excluding hydrogens is 314 g/mol. The van der Waals surface area contributed by atoms with Gasteiger partial charge >= 0.3 is 0 Å². The van der Waals surface area contributed by atoms with E-state index in [2.05, 4.69) is 15.5 Å². The molecule has 116 valence electrons. The number of rotatable bonds is 5. The molecule has 7 heteroatoms. The largest absolute Gasteiger partial charge is 0.507 e. The van der Waals surface area contributed by atoms with E-state index in [1.54, 1.807) is 24.3 Å². The van der Waals surface area contributed by atoms with Gasteiger partial charge in [0.15, 0.2) is 5.58 Å². The summed E-state index contributed by atoms with van der Waals surface area (Å²) in [6.07, 6.45) is 1.39. The zero-order valence-corrected chi connectivity index (χ0v) is 12.8. The molecule has 3 aromatic rings. The van der Waals surface area contributed by atoms with Gasteiger partial charge in [0.2, 0.25) is 0 Å². The average Bonchev–Trinajstić information content (AvgIpc) is 2.98. The van der Waals surface area contributed by atoms with Crippen LogP contribution in [0.25, 0.3) is 11.1 Å². The van der Waals surface area contributed by atoms with Crippen LogP contribution in [-0.2, 0) is 4.79 Å². The van der Waals surface area contributed by atoms with Gasteiger partial charge < -0.3 is 9.52 Å². The Morgan fingerprint density at radius 3 is 2.87 bits per heavy atom. The number of nitrogens with zero attached hydrogens (tertiary/aromatic N) is 2. The van der Waals surface area contributed by atoms with Crippen LogP contribution in [0.4, 0.5) is 0 Å². The predicted octanol–water partition coefficient (Wildman–Crippen LogP) is 2.78. The Morgan fingerprint density at radius 1 is 1.26 bits per heavy atom. The second kappa shape index (κ2) is 6.97. The zero-order chi connectivity index (χ0) is 16.1. The lowest BCUT2D eigenvalue weighted by atomic mass is 10.2. The predicted molar refractivity (Wildman–Crippen MR) is 88.6 cm³/mol. The molecule has 1 aromatic heterocycles. The third-order valence-corrected chi connectivity index (χ3v) is 3.76. The third kappa shape index (κ3) is 3.89. The molecule has 2 aromatic carbocycles. The maximum Gasteiger partial charge on any atom is 0.257 e. The summed E-state index contributed by atoms with van der Waals surface area (Å²) in [6, 6.07) is 14.1. The van der Waals surface area contributed by atoms with E-state index in [1.165, 1.54) is 18.0 Å². The first kappa shape index (κ1) is 15.1. The minimum atomic E-state index is -0.288. The van der Waals surface area contributed by atoms with Gasteiger partial charge in [0.1, 0.15) is 11.3 Å². The molecule has 0 aliphatic heterocycles. The van der Waals surface area contributed by atoms with Gasteiger partial charge in [-0.1, -0.05) is 36.0 Å². The Kier molecular flexibility index (Phi) is 4.58. The van der Waals surface area contributed by atoms with E-state index in [-0.39, 0.29) is 17.4 Å². The minimum Gasteiger partial charge on any atom is -0.507 e. The number of hydrazone groups is 1. The third-order valence-electron chi connectivity index (χ3n) is 2.93. The Morgan fingerprint density at radius 2 is 2.04 bits per heavy atom. The number of benzene rings is 2. The summed E-state index contributed by atoms with van der Waals surface area (Å²) in [7, 11) is 0. The molecule has 0 saturated carbocycles. The van der Waals surface area contributed by atoms with Gasteiger partial charge in [0, 0.05) is 5.56 Å². The van der Waals surface area contributed by atoms with Crippen LogP contribution in [-0.4, -0.2) is 28.0 Å². The lowest BCUT2D eigenvalue weighted by Crippen LogP contribution is -2.19. The van der Waals surface area contributed by atoms with Crippen molar-refractivity contribution in [3.63, 3.8) is 0 Å². The molecular formula is C16H13N3O3S. The molecule has 23 heavy (non-hydrogen) atoms. The molecule has 3 rings (SSSR count). The summed E-state index contributed by atoms with van der Waals surface area (Å²) in [5.74, 6) is -0.0550. The summed E-state index contributed by atoms with van der Waals surface area (Å²) < 4.78 is 5.51. The molecule has 0 saturated heterocycles. The van der Waals surface area contributed by atoms with Crippen LogP contribution in [0.1, 0.15) is 5.56 Å². The van der Waals surface area contributed by atoms with E-state index in [9.17, 15) is 9.90 Å². The fraction of sp³-hybridized carbons (Fsp3) is 0.0625. The number of amides is 1. The van der Waals surface area contributed by atoms with Crippen LogP contribution in [0.3, 0.4) is 0 Å². The molecule has 0 bridgehead atoms. The van der Waals surface area contributed by atoms with Crippen LogP contribution in [0.5, 0.6) is 5.75 Å². The number of carbonyl (C=O) groups excluding carboxylic acids is 1. The average molecular weight is 327 g/mol. The van der Waals surface area contributed by atoms with Crippen molar-refractivity contribution >= 4 is 35.0 Å². The molecule has 0 spiro atoms. The second-order valence-corrected chi connectivity index (χ2v) is 5.51. The van der Waals surface area contributed by atoms with Crippen molar-refractivity contribution < 1.29 is 14.3 Å². The molecule has 0 atom stereocenters. The van der Waals surface area contributed by atoms with E-state index in [1.807, 2.05) is 24.3 Å². The van der Waals surface area contributed by atoms with Gasteiger partial charge in [-0.3, -0.25) is 4.79 Å². The normalized spacial score (nSPS) is 11.1. The van der Waals surface area contributed by atoms with Crippen molar-refractivity contribution in [2.75, 3.05) is 5.75 Å². The maximum absolute atomic E-state index is 11.7. The van der Waals surface area contributed by atoms with Crippen LogP contribution < -0.4 is 5.43 Å². The van der Waals surface area contributed by atoms with Gasteiger partial charge in [-0.15, -0.1) is 0 Å². The monoisotopic (exact) mass is 327 g/mol. The fourth-order valence-corrected chi connectivity index (χ4v) is 2.47. The Balaban J connectivity index is 1.52. The molecule has 0 fully saturated rings. The Labute approximate surface area is 136 Å². The summed E-state index contributed by atoms with van der Waals surface area (Å²) in [5.41, 5.74) is 4.36. The number of aromatic hydroxyl groups is 1. The number of carbonyl (C=O) groups is 1. The van der Waals surface area contributed by atoms with E-state index in [4.69, 9.17) is 4.42 Å². The van der Waals surface area contributed by atoms with E-state index >= 15 is 0 Å². The Bertz CT molecular complexity index is 827. The molecule has 0 aliphatic rings. The summed E-state index contributed by atoms with van der Waals surface area (Å²) in [4.78, 5) is 16.0. The molecule has 1 heterocycles. The van der Waals surface area contributed by atoms with Crippen LogP contribution in [0, 0.1) is 0 Å². The van der Waals surface area contributed by atoms with Crippen molar-refractivity contribution in [2.24, 2.45) is 5.10 Å². The number of hydrogen-bond acceptors (Lipinski definition) is 6.